The smallest absolute Gasteiger partial charge is 0.429 e. The molecule has 0 amide bonds. The fraction of sp³-hybridized carbons (Fsp3) is 0.400. The SMILES string of the molecule is CCOC(=O)c1cccc(-c2ccc(C(Oc3cc(N4CCC5(CC4)CN[C@H](C(=O)O)C5)nc(C)n3)C(F)(F)F)c(-n3ccc(C)n3)c2)c1. The van der Waals surface area contributed by atoms with Gasteiger partial charge in [-0.3, -0.25) is 4.79 Å². The number of anilines is 1. The summed E-state index contributed by atoms with van der Waals surface area (Å²) in [4.78, 5) is 34.6. The van der Waals surface area contributed by atoms with Crippen molar-refractivity contribution >= 4 is 17.8 Å². The van der Waals surface area contributed by atoms with Crippen LogP contribution in [0, 0.1) is 19.3 Å². The van der Waals surface area contributed by atoms with Crippen molar-refractivity contribution < 1.29 is 37.3 Å². The number of benzene rings is 2. The molecule has 2 saturated heterocycles. The Hall–Kier alpha value is -4.98. The predicted molar refractivity (Wildman–Crippen MR) is 174 cm³/mol. The normalized spacial score (nSPS) is 18.0. The second kappa shape index (κ2) is 13.5. The van der Waals surface area contributed by atoms with Gasteiger partial charge in [-0.25, -0.2) is 14.5 Å². The molecule has 2 N–H and O–H groups in total. The standard InChI is InChI=1S/C35H37F3N6O5/c1-4-48-33(47)25-7-5-6-23(16-25)24-8-9-26(28(17-24)44-13-10-21(2)42-44)31(35(36,37)38)49-30-18-29(40-22(3)41-30)43-14-11-34(12-15-43)19-27(32(45)46)39-20-34/h5-10,13,16-18,27,31,39H,4,11-12,14-15,19-20H2,1-3H3,(H,45,46)/t27-,31?/m0/s1. The van der Waals surface area contributed by atoms with Crippen LogP contribution < -0.4 is 15.0 Å². The Kier molecular flexibility index (Phi) is 9.34. The minimum atomic E-state index is -4.84. The molecule has 2 aliphatic heterocycles. The Morgan fingerprint density at radius 2 is 1.82 bits per heavy atom. The highest BCUT2D eigenvalue weighted by Gasteiger charge is 2.46. The van der Waals surface area contributed by atoms with Crippen LogP contribution in [0.4, 0.5) is 19.0 Å². The van der Waals surface area contributed by atoms with E-state index in [9.17, 15) is 27.9 Å². The van der Waals surface area contributed by atoms with Gasteiger partial charge in [0.25, 0.3) is 0 Å². The van der Waals surface area contributed by atoms with Crippen molar-refractivity contribution in [3.8, 4) is 22.7 Å². The van der Waals surface area contributed by atoms with Crippen molar-refractivity contribution in [1.82, 2.24) is 25.1 Å². The average molecular weight is 679 g/mol. The third-order valence-electron chi connectivity index (χ3n) is 9.13. The third kappa shape index (κ3) is 7.38. The first-order valence-electron chi connectivity index (χ1n) is 16.1. The van der Waals surface area contributed by atoms with E-state index in [-0.39, 0.29) is 35.0 Å². The highest BCUT2D eigenvalue weighted by molar-refractivity contribution is 5.91. The molecular formula is C35H37F3N6O5. The molecule has 2 fully saturated rings. The molecule has 2 aromatic heterocycles. The van der Waals surface area contributed by atoms with Crippen LogP contribution in [-0.2, 0) is 9.53 Å². The molecule has 11 nitrogen and oxygen atoms in total. The van der Waals surface area contributed by atoms with Gasteiger partial charge >= 0.3 is 18.1 Å². The summed E-state index contributed by atoms with van der Waals surface area (Å²) in [5.41, 5.74) is 1.92. The minimum Gasteiger partial charge on any atom is -0.480 e. The van der Waals surface area contributed by atoms with Crippen LogP contribution in [0.15, 0.2) is 60.8 Å². The molecule has 49 heavy (non-hydrogen) atoms. The van der Waals surface area contributed by atoms with Crippen LogP contribution in [0.2, 0.25) is 0 Å². The lowest BCUT2D eigenvalue weighted by Gasteiger charge is -2.39. The minimum absolute atomic E-state index is 0.143. The van der Waals surface area contributed by atoms with Crippen molar-refractivity contribution in [3.05, 3.63) is 83.4 Å². The molecule has 2 aliphatic rings. The van der Waals surface area contributed by atoms with Gasteiger partial charge in [-0.1, -0.05) is 24.3 Å². The first kappa shape index (κ1) is 33.9. The monoisotopic (exact) mass is 678 g/mol. The summed E-state index contributed by atoms with van der Waals surface area (Å²) in [5.74, 6) is -0.899. The van der Waals surface area contributed by atoms with E-state index in [1.165, 1.54) is 16.8 Å². The van der Waals surface area contributed by atoms with E-state index in [1.807, 2.05) is 4.90 Å². The van der Waals surface area contributed by atoms with Crippen molar-refractivity contribution in [3.63, 3.8) is 0 Å². The molecule has 0 bridgehead atoms. The van der Waals surface area contributed by atoms with Crippen molar-refractivity contribution in [2.45, 2.75) is 58.4 Å². The summed E-state index contributed by atoms with van der Waals surface area (Å²) < 4.78 is 57.0. The van der Waals surface area contributed by atoms with E-state index in [2.05, 4.69) is 20.4 Å². The summed E-state index contributed by atoms with van der Waals surface area (Å²) >= 11 is 0. The number of hydrogen-bond donors (Lipinski definition) is 2. The van der Waals surface area contributed by atoms with Gasteiger partial charge in [0.05, 0.1) is 23.6 Å². The van der Waals surface area contributed by atoms with Gasteiger partial charge in [-0.15, -0.1) is 0 Å². The zero-order valence-corrected chi connectivity index (χ0v) is 27.3. The van der Waals surface area contributed by atoms with Gasteiger partial charge in [0.2, 0.25) is 12.0 Å². The van der Waals surface area contributed by atoms with Crippen molar-refractivity contribution in [1.29, 1.82) is 0 Å². The number of carboxylic acid groups (broad SMARTS) is 1. The van der Waals surface area contributed by atoms with Crippen LogP contribution in [0.3, 0.4) is 0 Å². The van der Waals surface area contributed by atoms with Gasteiger partial charge in [0.15, 0.2) is 0 Å². The number of halogens is 3. The molecular weight excluding hydrogens is 641 g/mol. The first-order valence-corrected chi connectivity index (χ1v) is 16.1. The largest absolute Gasteiger partial charge is 0.480 e. The number of carbonyl (C=O) groups is 2. The van der Waals surface area contributed by atoms with Crippen molar-refractivity contribution in [2.75, 3.05) is 31.1 Å². The number of aliphatic carboxylic acids is 1. The maximum atomic E-state index is 14.9. The lowest BCUT2D eigenvalue weighted by molar-refractivity contribution is -0.198. The lowest BCUT2D eigenvalue weighted by Crippen LogP contribution is -2.41. The lowest BCUT2D eigenvalue weighted by atomic mass is 9.76. The first-order chi connectivity index (χ1) is 23.3. The van der Waals surface area contributed by atoms with E-state index in [1.54, 1.807) is 69.4 Å². The summed E-state index contributed by atoms with van der Waals surface area (Å²) in [5, 5.41) is 16.9. The summed E-state index contributed by atoms with van der Waals surface area (Å²) in [6.45, 7) is 6.98. The van der Waals surface area contributed by atoms with Gasteiger partial charge in [0.1, 0.15) is 17.7 Å². The summed E-state index contributed by atoms with van der Waals surface area (Å²) in [6.07, 6.45) is -3.69. The molecule has 6 rings (SSSR count). The topological polar surface area (TPSA) is 132 Å². The number of nitrogens with zero attached hydrogens (tertiary/aromatic N) is 5. The number of esters is 1. The number of nitrogens with one attached hydrogen (secondary N) is 1. The van der Waals surface area contributed by atoms with E-state index < -0.39 is 30.3 Å². The summed E-state index contributed by atoms with van der Waals surface area (Å²) in [6, 6.07) is 13.7. The number of ether oxygens (including phenoxy) is 2. The Morgan fingerprint density at radius 1 is 1.06 bits per heavy atom. The molecule has 258 valence electrons. The van der Waals surface area contributed by atoms with E-state index in [0.29, 0.717) is 54.3 Å². The summed E-state index contributed by atoms with van der Waals surface area (Å²) in [7, 11) is 0. The van der Waals surface area contributed by atoms with Crippen LogP contribution in [0.25, 0.3) is 16.8 Å². The molecule has 2 atom stereocenters. The number of carbonyl (C=O) groups excluding carboxylic acids is 1. The number of aryl methyl sites for hydroxylation is 2. The Bertz CT molecular complexity index is 1850. The fourth-order valence-corrected chi connectivity index (χ4v) is 6.59. The second-order valence-electron chi connectivity index (χ2n) is 12.6. The van der Waals surface area contributed by atoms with Crippen molar-refractivity contribution in [2.24, 2.45) is 5.41 Å². The van der Waals surface area contributed by atoms with Crippen LogP contribution in [-0.4, -0.2) is 75.3 Å². The maximum absolute atomic E-state index is 14.9. The van der Waals surface area contributed by atoms with E-state index in [0.717, 1.165) is 12.8 Å². The molecule has 2 aromatic carbocycles. The van der Waals surface area contributed by atoms with Gasteiger partial charge in [-0.2, -0.15) is 23.3 Å². The number of carboxylic acids is 1. The Labute approximate surface area is 281 Å². The number of aromatic nitrogens is 4. The van der Waals surface area contributed by atoms with E-state index >= 15 is 0 Å². The number of piperidine rings is 1. The van der Waals surface area contributed by atoms with Crippen LogP contribution in [0.1, 0.15) is 59.7 Å². The second-order valence-corrected chi connectivity index (χ2v) is 12.6. The number of alkyl halides is 3. The molecule has 0 radical (unpaired) electrons. The predicted octanol–water partition coefficient (Wildman–Crippen LogP) is 5.84. The molecule has 0 aliphatic carbocycles. The molecule has 4 aromatic rings. The van der Waals surface area contributed by atoms with Crippen LogP contribution in [0.5, 0.6) is 5.88 Å². The fourth-order valence-electron chi connectivity index (χ4n) is 6.59. The van der Waals surface area contributed by atoms with Gasteiger partial charge in [-0.05, 0) is 80.8 Å². The quantitative estimate of drug-likeness (QED) is 0.208. The van der Waals surface area contributed by atoms with Crippen LogP contribution >= 0.6 is 0 Å². The zero-order valence-electron chi connectivity index (χ0n) is 27.3. The number of hydrogen-bond acceptors (Lipinski definition) is 9. The number of rotatable bonds is 9. The molecule has 14 heteroatoms. The van der Waals surface area contributed by atoms with Gasteiger partial charge in [0, 0.05) is 37.5 Å². The molecule has 1 spiro atoms. The zero-order chi connectivity index (χ0) is 34.9. The highest BCUT2D eigenvalue weighted by atomic mass is 19.4. The Balaban J connectivity index is 1.31. The van der Waals surface area contributed by atoms with E-state index in [4.69, 9.17) is 9.47 Å². The maximum Gasteiger partial charge on any atom is 0.429 e. The molecule has 0 saturated carbocycles. The highest BCUT2D eigenvalue weighted by Crippen LogP contribution is 2.42. The average Bonchev–Trinajstić information content (AvgIpc) is 3.70. The molecule has 4 heterocycles. The molecule has 1 unspecified atom stereocenters. The third-order valence-corrected chi connectivity index (χ3v) is 9.13. The van der Waals surface area contributed by atoms with Gasteiger partial charge < -0.3 is 24.8 Å². The Morgan fingerprint density at radius 3 is 2.47 bits per heavy atom.